The second-order valence-corrected chi connectivity index (χ2v) is 5.37. The zero-order valence-electron chi connectivity index (χ0n) is 6.78. The standard InChI is InChI=1S/C4H7O8S2/c1-2(3(5)6)4(13(7,8)9)14(10,11)12/h2H,1H3,(H,5,6)(H,7,8,9)(H,10,11,12). The number of hydrogen-bond acceptors (Lipinski definition) is 5. The van der Waals surface area contributed by atoms with Crippen LogP contribution < -0.4 is 0 Å². The molecular formula is C4H7O8S2. The van der Waals surface area contributed by atoms with Gasteiger partial charge in [-0.15, -0.1) is 0 Å². The lowest BCUT2D eigenvalue weighted by Crippen LogP contribution is -2.31. The van der Waals surface area contributed by atoms with Gasteiger partial charge in [0.1, 0.15) is 0 Å². The highest BCUT2D eigenvalue weighted by atomic mass is 32.3. The van der Waals surface area contributed by atoms with Crippen LogP contribution in [0, 0.1) is 10.5 Å². The minimum Gasteiger partial charge on any atom is -0.481 e. The smallest absolute Gasteiger partial charge is 0.309 e. The first kappa shape index (κ1) is 13.3. The van der Waals surface area contributed by atoms with E-state index in [1.54, 1.807) is 0 Å². The molecule has 0 spiro atoms. The van der Waals surface area contributed by atoms with Crippen molar-refractivity contribution >= 4 is 26.2 Å². The number of aliphatic carboxylic acids is 1. The van der Waals surface area contributed by atoms with Crippen molar-refractivity contribution in [3.05, 3.63) is 4.58 Å². The van der Waals surface area contributed by atoms with E-state index < -0.39 is 36.7 Å². The number of carboxylic acid groups (broad SMARTS) is 1. The molecule has 1 atom stereocenters. The van der Waals surface area contributed by atoms with Gasteiger partial charge in [-0.2, -0.15) is 16.8 Å². The minimum absolute atomic E-state index is 0.694. The largest absolute Gasteiger partial charge is 0.481 e. The van der Waals surface area contributed by atoms with Gasteiger partial charge in [0.2, 0.25) is 0 Å². The lowest BCUT2D eigenvalue weighted by molar-refractivity contribution is -0.140. The van der Waals surface area contributed by atoms with E-state index in [2.05, 4.69) is 0 Å². The summed E-state index contributed by atoms with van der Waals surface area (Å²) in [4.78, 5) is 10.3. The number of carbonyl (C=O) groups is 1. The zero-order chi connectivity index (χ0) is 11.7. The average Bonchev–Trinajstić information content (AvgIpc) is 1.79. The molecule has 14 heavy (non-hydrogen) atoms. The molecule has 0 aliphatic heterocycles. The fourth-order valence-electron chi connectivity index (χ4n) is 0.681. The van der Waals surface area contributed by atoms with Gasteiger partial charge in [-0.3, -0.25) is 13.9 Å². The summed E-state index contributed by atoms with van der Waals surface area (Å²) < 4.78 is 56.6. The van der Waals surface area contributed by atoms with E-state index in [4.69, 9.17) is 14.2 Å². The molecular weight excluding hydrogens is 240 g/mol. The molecule has 0 fully saturated rings. The van der Waals surface area contributed by atoms with Crippen LogP contribution in [-0.4, -0.2) is 37.0 Å². The van der Waals surface area contributed by atoms with Gasteiger partial charge in [-0.25, -0.2) is 0 Å². The molecule has 0 heterocycles. The van der Waals surface area contributed by atoms with Gasteiger partial charge in [-0.05, 0) is 6.92 Å². The van der Waals surface area contributed by atoms with E-state index in [1.165, 1.54) is 0 Å². The van der Waals surface area contributed by atoms with Crippen LogP contribution in [0.3, 0.4) is 0 Å². The van der Waals surface area contributed by atoms with Crippen molar-refractivity contribution < 1.29 is 35.8 Å². The highest BCUT2D eigenvalue weighted by Crippen LogP contribution is 2.25. The Kier molecular flexibility index (Phi) is 3.61. The number of hydrogen-bond donors (Lipinski definition) is 3. The SMILES string of the molecule is CC([C](S(=O)(=O)O)S(=O)(=O)O)C(=O)O. The van der Waals surface area contributed by atoms with Crippen molar-refractivity contribution in [1.29, 1.82) is 0 Å². The molecule has 0 rings (SSSR count). The molecule has 3 N–H and O–H groups in total. The van der Waals surface area contributed by atoms with E-state index in [-0.39, 0.29) is 0 Å². The normalized spacial score (nSPS) is 15.4. The molecule has 0 bridgehead atoms. The molecule has 1 radical (unpaired) electrons. The number of rotatable bonds is 4. The Morgan fingerprint density at radius 2 is 1.36 bits per heavy atom. The fourth-order valence-corrected chi connectivity index (χ4v) is 2.84. The number of carboxylic acids is 1. The van der Waals surface area contributed by atoms with Crippen LogP contribution in [0.15, 0.2) is 0 Å². The fraction of sp³-hybridized carbons (Fsp3) is 0.500. The molecule has 0 aromatic carbocycles. The molecule has 8 nitrogen and oxygen atoms in total. The van der Waals surface area contributed by atoms with Crippen molar-refractivity contribution in [2.75, 3.05) is 0 Å². The molecule has 0 aromatic rings. The lowest BCUT2D eigenvalue weighted by Gasteiger charge is -2.12. The summed E-state index contributed by atoms with van der Waals surface area (Å²) in [6, 6.07) is 0. The Balaban J connectivity index is 5.49. The summed E-state index contributed by atoms with van der Waals surface area (Å²) >= 11 is 0. The Hall–Kier alpha value is -0.710. The Bertz CT molecular complexity index is 384. The van der Waals surface area contributed by atoms with Crippen LogP contribution in [0.5, 0.6) is 0 Å². The van der Waals surface area contributed by atoms with Crippen LogP contribution in [0.2, 0.25) is 0 Å². The summed E-state index contributed by atoms with van der Waals surface area (Å²) in [5, 5.41) is 8.31. The maximum absolute atomic E-state index is 10.4. The van der Waals surface area contributed by atoms with E-state index >= 15 is 0 Å². The average molecular weight is 247 g/mol. The van der Waals surface area contributed by atoms with Gasteiger partial charge in [-0.1, -0.05) is 0 Å². The molecule has 0 aliphatic carbocycles. The molecule has 0 aromatic heterocycles. The maximum Gasteiger partial charge on any atom is 0.309 e. The zero-order valence-corrected chi connectivity index (χ0v) is 8.41. The molecule has 0 saturated heterocycles. The molecule has 10 heteroatoms. The minimum atomic E-state index is -5.27. The third-order valence-corrected chi connectivity index (χ3v) is 4.22. The first-order chi connectivity index (χ1) is 5.98. The summed E-state index contributed by atoms with van der Waals surface area (Å²) in [5.41, 5.74) is 0. The van der Waals surface area contributed by atoms with Gasteiger partial charge in [0.25, 0.3) is 24.8 Å². The highest BCUT2D eigenvalue weighted by molar-refractivity contribution is 8.07. The van der Waals surface area contributed by atoms with Crippen LogP contribution in [0.4, 0.5) is 0 Å². The van der Waals surface area contributed by atoms with Crippen molar-refractivity contribution in [3.63, 3.8) is 0 Å². The Morgan fingerprint density at radius 3 is 1.43 bits per heavy atom. The van der Waals surface area contributed by atoms with E-state index in [0.717, 1.165) is 0 Å². The third kappa shape index (κ3) is 3.21. The summed E-state index contributed by atoms with van der Waals surface area (Å²) in [6.07, 6.45) is 0. The molecule has 0 aliphatic rings. The maximum atomic E-state index is 10.4. The predicted molar refractivity (Wildman–Crippen MR) is 43.1 cm³/mol. The van der Waals surface area contributed by atoms with Gasteiger partial charge < -0.3 is 5.11 Å². The van der Waals surface area contributed by atoms with Crippen molar-refractivity contribution in [2.24, 2.45) is 5.92 Å². The first-order valence-electron chi connectivity index (χ1n) is 3.02. The quantitative estimate of drug-likeness (QED) is 0.534. The summed E-state index contributed by atoms with van der Waals surface area (Å²) in [6.45, 7) is 0.694. The molecule has 0 saturated carbocycles. The van der Waals surface area contributed by atoms with Crippen molar-refractivity contribution in [2.45, 2.75) is 6.92 Å². The van der Waals surface area contributed by atoms with Gasteiger partial charge in [0.15, 0.2) is 0 Å². The molecule has 0 amide bonds. The van der Waals surface area contributed by atoms with E-state index in [0.29, 0.717) is 6.92 Å². The molecule has 83 valence electrons. The van der Waals surface area contributed by atoms with Crippen LogP contribution in [0.25, 0.3) is 0 Å². The molecule has 1 unspecified atom stereocenters. The second kappa shape index (κ2) is 3.81. The Morgan fingerprint density at radius 1 is 1.07 bits per heavy atom. The summed E-state index contributed by atoms with van der Waals surface area (Å²) in [7, 11) is -10.5. The monoisotopic (exact) mass is 247 g/mol. The summed E-state index contributed by atoms with van der Waals surface area (Å²) in [5.74, 6) is -3.87. The van der Waals surface area contributed by atoms with Gasteiger partial charge in [0, 0.05) is 0 Å². The second-order valence-electron chi connectivity index (χ2n) is 2.33. The predicted octanol–water partition coefficient (Wildman–Crippen LogP) is -1.03. The third-order valence-electron chi connectivity index (χ3n) is 1.23. The topological polar surface area (TPSA) is 146 Å². The van der Waals surface area contributed by atoms with Gasteiger partial charge >= 0.3 is 5.97 Å². The van der Waals surface area contributed by atoms with E-state index in [9.17, 15) is 21.6 Å². The van der Waals surface area contributed by atoms with E-state index in [1.807, 2.05) is 0 Å². The Labute approximate surface area is 80.0 Å². The lowest BCUT2D eigenvalue weighted by atomic mass is 10.2. The van der Waals surface area contributed by atoms with Crippen LogP contribution in [0.1, 0.15) is 6.92 Å². The van der Waals surface area contributed by atoms with Crippen molar-refractivity contribution in [3.8, 4) is 0 Å². The van der Waals surface area contributed by atoms with Crippen molar-refractivity contribution in [1.82, 2.24) is 0 Å². The van der Waals surface area contributed by atoms with Crippen LogP contribution >= 0.6 is 0 Å². The highest BCUT2D eigenvalue weighted by Gasteiger charge is 2.45. The van der Waals surface area contributed by atoms with Crippen LogP contribution in [-0.2, 0) is 25.0 Å². The van der Waals surface area contributed by atoms with Gasteiger partial charge in [0.05, 0.1) is 5.92 Å². The first-order valence-corrected chi connectivity index (χ1v) is 5.90.